The molecular formula is C20H17Cl2N3O3S. The number of anilines is 1. The Labute approximate surface area is 179 Å². The van der Waals surface area contributed by atoms with E-state index in [2.05, 4.69) is 10.3 Å². The van der Waals surface area contributed by atoms with Gasteiger partial charge in [0.05, 0.1) is 27.8 Å². The third kappa shape index (κ3) is 5.26. The summed E-state index contributed by atoms with van der Waals surface area (Å²) in [4.78, 5) is 16.7. The lowest BCUT2D eigenvalue weighted by Crippen LogP contribution is -2.41. The molecule has 1 N–H and O–H groups in total. The number of hydrogen-bond donors (Lipinski definition) is 1. The van der Waals surface area contributed by atoms with E-state index in [-0.39, 0.29) is 22.2 Å². The standard InChI is InChI=1S/C20H17Cl2N3O3S/c21-15-9-10-18(22)19(12-15)25(29(27,28)17-7-2-1-3-8-17)14-20(26)24-13-16-6-4-5-11-23-16/h1-12H,13-14H2,(H,24,26). The summed E-state index contributed by atoms with van der Waals surface area (Å²) < 4.78 is 27.4. The normalized spacial score (nSPS) is 11.1. The molecule has 3 aromatic rings. The summed E-state index contributed by atoms with van der Waals surface area (Å²) in [5, 5.41) is 3.13. The quantitative estimate of drug-likeness (QED) is 0.592. The number of pyridine rings is 1. The molecule has 0 aliphatic rings. The van der Waals surface area contributed by atoms with E-state index in [1.165, 1.54) is 24.3 Å². The van der Waals surface area contributed by atoms with Gasteiger partial charge in [-0.1, -0.05) is 47.5 Å². The van der Waals surface area contributed by atoms with Crippen molar-refractivity contribution in [1.82, 2.24) is 10.3 Å². The van der Waals surface area contributed by atoms with E-state index in [1.807, 2.05) is 0 Å². The van der Waals surface area contributed by atoms with Crippen LogP contribution in [0.5, 0.6) is 0 Å². The molecule has 0 spiro atoms. The molecule has 29 heavy (non-hydrogen) atoms. The molecule has 6 nitrogen and oxygen atoms in total. The highest BCUT2D eigenvalue weighted by atomic mass is 35.5. The largest absolute Gasteiger partial charge is 0.349 e. The smallest absolute Gasteiger partial charge is 0.264 e. The Bertz CT molecular complexity index is 1090. The van der Waals surface area contributed by atoms with Crippen LogP contribution in [-0.4, -0.2) is 25.9 Å². The molecule has 3 rings (SSSR count). The number of amides is 1. The first-order chi connectivity index (χ1) is 13.9. The molecule has 1 amide bonds. The van der Waals surface area contributed by atoms with E-state index in [9.17, 15) is 13.2 Å². The molecule has 0 unspecified atom stereocenters. The van der Waals surface area contributed by atoms with Crippen LogP contribution < -0.4 is 9.62 Å². The molecule has 1 heterocycles. The molecule has 0 bridgehead atoms. The average molecular weight is 450 g/mol. The number of carbonyl (C=O) groups is 1. The Morgan fingerprint density at radius 3 is 2.41 bits per heavy atom. The van der Waals surface area contributed by atoms with Gasteiger partial charge in [0.25, 0.3) is 10.0 Å². The molecule has 0 aliphatic carbocycles. The number of rotatable bonds is 7. The van der Waals surface area contributed by atoms with Crippen molar-refractivity contribution >= 4 is 44.8 Å². The Hall–Kier alpha value is -2.61. The van der Waals surface area contributed by atoms with Gasteiger partial charge >= 0.3 is 0 Å². The predicted octanol–water partition coefficient (Wildman–Crippen LogP) is 3.90. The lowest BCUT2D eigenvalue weighted by atomic mass is 10.3. The van der Waals surface area contributed by atoms with Crippen molar-refractivity contribution in [3.63, 3.8) is 0 Å². The second-order valence-electron chi connectivity index (χ2n) is 6.02. The van der Waals surface area contributed by atoms with Crippen LogP contribution in [0.2, 0.25) is 10.0 Å². The van der Waals surface area contributed by atoms with Crippen molar-refractivity contribution in [2.75, 3.05) is 10.8 Å². The van der Waals surface area contributed by atoms with Crippen LogP contribution in [0.1, 0.15) is 5.69 Å². The molecule has 150 valence electrons. The van der Waals surface area contributed by atoms with Gasteiger partial charge in [-0.2, -0.15) is 0 Å². The van der Waals surface area contributed by atoms with E-state index in [1.54, 1.807) is 48.7 Å². The lowest BCUT2D eigenvalue weighted by molar-refractivity contribution is -0.119. The molecule has 0 aliphatic heterocycles. The van der Waals surface area contributed by atoms with Crippen LogP contribution in [0.3, 0.4) is 0 Å². The topological polar surface area (TPSA) is 79.4 Å². The summed E-state index contributed by atoms with van der Waals surface area (Å²) in [5.74, 6) is -0.508. The summed E-state index contributed by atoms with van der Waals surface area (Å²) in [6.07, 6.45) is 1.61. The molecule has 9 heteroatoms. The van der Waals surface area contributed by atoms with Crippen LogP contribution in [-0.2, 0) is 21.4 Å². The highest BCUT2D eigenvalue weighted by molar-refractivity contribution is 7.92. The van der Waals surface area contributed by atoms with Crippen molar-refractivity contribution in [3.8, 4) is 0 Å². The Kier molecular flexibility index (Phi) is 6.74. The summed E-state index contributed by atoms with van der Waals surface area (Å²) in [5.41, 5.74) is 0.773. The third-order valence-electron chi connectivity index (χ3n) is 3.99. The second kappa shape index (κ2) is 9.26. The Morgan fingerprint density at radius 2 is 1.72 bits per heavy atom. The fourth-order valence-corrected chi connectivity index (χ4v) is 4.46. The fraction of sp³-hybridized carbons (Fsp3) is 0.100. The van der Waals surface area contributed by atoms with E-state index in [0.717, 1.165) is 4.31 Å². The minimum atomic E-state index is -4.06. The van der Waals surface area contributed by atoms with Crippen LogP contribution in [0.4, 0.5) is 5.69 Å². The number of aromatic nitrogens is 1. The first-order valence-corrected chi connectivity index (χ1v) is 10.8. The fourth-order valence-electron chi connectivity index (χ4n) is 2.57. The van der Waals surface area contributed by atoms with E-state index in [4.69, 9.17) is 23.2 Å². The van der Waals surface area contributed by atoms with Gasteiger partial charge in [-0.3, -0.25) is 14.1 Å². The maximum Gasteiger partial charge on any atom is 0.264 e. The monoisotopic (exact) mass is 449 g/mol. The zero-order chi connectivity index (χ0) is 20.9. The number of nitrogens with zero attached hydrogens (tertiary/aromatic N) is 2. The minimum Gasteiger partial charge on any atom is -0.349 e. The molecule has 0 fully saturated rings. The highest BCUT2D eigenvalue weighted by Crippen LogP contribution is 2.32. The predicted molar refractivity (Wildman–Crippen MR) is 114 cm³/mol. The molecule has 0 saturated carbocycles. The van der Waals surface area contributed by atoms with Crippen molar-refractivity contribution in [2.24, 2.45) is 0 Å². The van der Waals surface area contributed by atoms with Crippen molar-refractivity contribution < 1.29 is 13.2 Å². The number of carbonyl (C=O) groups excluding carboxylic acids is 1. The van der Waals surface area contributed by atoms with E-state index < -0.39 is 22.5 Å². The molecule has 0 radical (unpaired) electrons. The number of sulfonamides is 1. The van der Waals surface area contributed by atoms with Gasteiger partial charge in [0.1, 0.15) is 6.54 Å². The SMILES string of the molecule is O=C(CN(c1cc(Cl)ccc1Cl)S(=O)(=O)c1ccccc1)NCc1ccccn1. The molecule has 1 aromatic heterocycles. The number of nitrogens with one attached hydrogen (secondary N) is 1. The number of hydrogen-bond acceptors (Lipinski definition) is 4. The van der Waals surface area contributed by atoms with Gasteiger partial charge in [-0.15, -0.1) is 0 Å². The molecule has 2 aromatic carbocycles. The first-order valence-electron chi connectivity index (χ1n) is 8.57. The number of halogens is 2. The van der Waals surface area contributed by atoms with Crippen molar-refractivity contribution in [3.05, 3.63) is 88.7 Å². The van der Waals surface area contributed by atoms with Gasteiger partial charge in [0, 0.05) is 11.2 Å². The molecule has 0 saturated heterocycles. The maximum atomic E-state index is 13.2. The van der Waals surface area contributed by atoms with Crippen LogP contribution in [0.15, 0.2) is 77.8 Å². The summed E-state index contributed by atoms with van der Waals surface area (Å²) in [7, 11) is -4.06. The summed E-state index contributed by atoms with van der Waals surface area (Å²) >= 11 is 12.3. The van der Waals surface area contributed by atoms with Gasteiger partial charge in [0.15, 0.2) is 0 Å². The molecular weight excluding hydrogens is 433 g/mol. The van der Waals surface area contributed by atoms with Gasteiger partial charge < -0.3 is 5.32 Å². The Balaban J connectivity index is 1.91. The zero-order valence-electron chi connectivity index (χ0n) is 15.1. The summed E-state index contributed by atoms with van der Waals surface area (Å²) in [6, 6.07) is 17.6. The first kappa shape index (κ1) is 21.1. The summed E-state index contributed by atoms with van der Waals surface area (Å²) in [6.45, 7) is -0.299. The minimum absolute atomic E-state index is 0.0357. The van der Waals surface area contributed by atoms with Crippen LogP contribution >= 0.6 is 23.2 Å². The maximum absolute atomic E-state index is 13.2. The van der Waals surface area contributed by atoms with Crippen LogP contribution in [0.25, 0.3) is 0 Å². The highest BCUT2D eigenvalue weighted by Gasteiger charge is 2.28. The van der Waals surface area contributed by atoms with E-state index in [0.29, 0.717) is 10.7 Å². The van der Waals surface area contributed by atoms with E-state index >= 15 is 0 Å². The average Bonchev–Trinajstić information content (AvgIpc) is 2.73. The lowest BCUT2D eigenvalue weighted by Gasteiger charge is -2.25. The van der Waals surface area contributed by atoms with Gasteiger partial charge in [-0.05, 0) is 42.5 Å². The van der Waals surface area contributed by atoms with Crippen molar-refractivity contribution in [1.29, 1.82) is 0 Å². The second-order valence-corrected chi connectivity index (χ2v) is 8.72. The Morgan fingerprint density at radius 1 is 1.00 bits per heavy atom. The zero-order valence-corrected chi connectivity index (χ0v) is 17.5. The molecule has 0 atom stereocenters. The van der Waals surface area contributed by atoms with Crippen molar-refractivity contribution in [2.45, 2.75) is 11.4 Å². The van der Waals surface area contributed by atoms with Gasteiger partial charge in [-0.25, -0.2) is 8.42 Å². The van der Waals surface area contributed by atoms with Gasteiger partial charge in [0.2, 0.25) is 5.91 Å². The van der Waals surface area contributed by atoms with Crippen LogP contribution in [0, 0.1) is 0 Å². The number of benzene rings is 2. The third-order valence-corrected chi connectivity index (χ3v) is 6.32.